The number of hydrogen-bond donors (Lipinski definition) is 2. The molecule has 198 valence electrons. The Hall–Kier alpha value is -3.51. The number of ether oxygens (including phenoxy) is 2. The lowest BCUT2D eigenvalue weighted by Gasteiger charge is -2.40. The molecule has 1 saturated heterocycles. The Bertz CT molecular complexity index is 1060. The smallest absolute Gasteiger partial charge is 0.263 e. The highest BCUT2D eigenvalue weighted by molar-refractivity contribution is 6.30. The average molecular weight is 531 g/mol. The Kier molecular flexibility index (Phi) is 9.98. The molecule has 0 saturated carbocycles. The number of halogens is 1. The van der Waals surface area contributed by atoms with E-state index in [9.17, 15) is 14.9 Å². The molecule has 0 radical (unpaired) electrons. The van der Waals surface area contributed by atoms with E-state index in [0.717, 1.165) is 5.12 Å². The third kappa shape index (κ3) is 7.04. The van der Waals surface area contributed by atoms with Crippen LogP contribution in [0.1, 0.15) is 23.7 Å². The molecule has 1 fully saturated rings. The minimum absolute atomic E-state index is 0.184. The van der Waals surface area contributed by atoms with Crippen molar-refractivity contribution in [2.24, 2.45) is 5.41 Å². The summed E-state index contributed by atoms with van der Waals surface area (Å²) in [7, 11) is 0. The number of carbonyl (C=O) groups excluding carboxylic acids is 1. The fourth-order valence-electron chi connectivity index (χ4n) is 3.86. The molecule has 1 amide bonds. The first-order valence-corrected chi connectivity index (χ1v) is 12.1. The highest BCUT2D eigenvalue weighted by Crippen LogP contribution is 2.35. The van der Waals surface area contributed by atoms with Crippen molar-refractivity contribution in [3.63, 3.8) is 0 Å². The first-order chi connectivity index (χ1) is 17.9. The summed E-state index contributed by atoms with van der Waals surface area (Å²) in [5.74, 6) is -0.388. The van der Waals surface area contributed by atoms with Crippen LogP contribution >= 0.6 is 11.6 Å². The number of anilines is 1. The number of hydrazine groups is 2. The number of carbonyl (C=O) groups is 1. The van der Waals surface area contributed by atoms with Gasteiger partial charge < -0.3 is 14.8 Å². The molecule has 2 aromatic rings. The van der Waals surface area contributed by atoms with Gasteiger partial charge >= 0.3 is 0 Å². The van der Waals surface area contributed by atoms with E-state index in [-0.39, 0.29) is 32.3 Å². The summed E-state index contributed by atoms with van der Waals surface area (Å²) in [5, 5.41) is 20.4. The van der Waals surface area contributed by atoms with Crippen LogP contribution in [0.5, 0.6) is 0 Å². The monoisotopic (exact) mass is 530 g/mol. The summed E-state index contributed by atoms with van der Waals surface area (Å²) in [6, 6.07) is 9.84. The molecule has 11 nitrogen and oxygen atoms in total. The fourth-order valence-corrected chi connectivity index (χ4v) is 3.99. The summed E-state index contributed by atoms with van der Waals surface area (Å²) in [6.45, 7) is 10.3. The number of nitrogens with one attached hydrogen (secondary N) is 2. The molecule has 1 aromatic heterocycles. The third-order valence-corrected chi connectivity index (χ3v) is 6.21. The van der Waals surface area contributed by atoms with Gasteiger partial charge in [0.25, 0.3) is 12.2 Å². The molecule has 3 rings (SSSR count). The van der Waals surface area contributed by atoms with Crippen LogP contribution in [0.2, 0.25) is 5.02 Å². The molecule has 2 N–H and O–H groups in total. The van der Waals surface area contributed by atoms with Crippen LogP contribution in [-0.4, -0.2) is 59.9 Å². The van der Waals surface area contributed by atoms with Gasteiger partial charge in [0.15, 0.2) is 5.03 Å². The number of nitro groups is 1. The number of hydrogen-bond acceptors (Lipinski definition) is 8. The average Bonchev–Trinajstić information content (AvgIpc) is 3.62. The number of aromatic nitrogens is 1. The number of rotatable bonds is 16. The van der Waals surface area contributed by atoms with Gasteiger partial charge in [-0.05, 0) is 42.8 Å². The van der Waals surface area contributed by atoms with Crippen LogP contribution in [0.15, 0.2) is 74.1 Å². The molecule has 1 aromatic carbocycles. The van der Waals surface area contributed by atoms with Crippen molar-refractivity contribution in [3.05, 3.63) is 94.8 Å². The maximum absolute atomic E-state index is 13.3. The predicted molar refractivity (Wildman–Crippen MR) is 140 cm³/mol. The van der Waals surface area contributed by atoms with Crippen molar-refractivity contribution in [2.45, 2.75) is 25.8 Å². The van der Waals surface area contributed by atoms with E-state index >= 15 is 0 Å². The second-order valence-corrected chi connectivity index (χ2v) is 8.83. The Labute approximate surface area is 220 Å². The minimum atomic E-state index is -0.862. The van der Waals surface area contributed by atoms with Gasteiger partial charge in [-0.2, -0.15) is 5.01 Å². The predicted octanol–water partition coefficient (Wildman–Crippen LogP) is 3.39. The lowest BCUT2D eigenvalue weighted by molar-refractivity contribution is -0.623. The van der Waals surface area contributed by atoms with Crippen LogP contribution in [0, 0.1) is 15.5 Å². The van der Waals surface area contributed by atoms with Crippen LogP contribution in [0.4, 0.5) is 5.69 Å². The number of benzene rings is 1. The van der Waals surface area contributed by atoms with E-state index in [1.165, 1.54) is 11.2 Å². The summed E-state index contributed by atoms with van der Waals surface area (Å²) >= 11 is 5.98. The highest BCUT2D eigenvalue weighted by Gasteiger charge is 2.58. The summed E-state index contributed by atoms with van der Waals surface area (Å²) < 4.78 is 11.7. The first kappa shape index (κ1) is 28.1. The van der Waals surface area contributed by atoms with Gasteiger partial charge in [0.2, 0.25) is 0 Å². The van der Waals surface area contributed by atoms with Gasteiger partial charge in [0.05, 0.1) is 49.9 Å². The molecule has 1 aliphatic rings. The Morgan fingerprint density at radius 2 is 1.89 bits per heavy atom. The Morgan fingerprint density at radius 1 is 1.24 bits per heavy atom. The van der Waals surface area contributed by atoms with Gasteiger partial charge in [-0.1, -0.05) is 30.7 Å². The zero-order valence-corrected chi connectivity index (χ0v) is 21.3. The quantitative estimate of drug-likeness (QED) is 0.0839. The zero-order valence-electron chi connectivity index (χ0n) is 20.6. The topological polar surface area (TPSA) is 122 Å². The van der Waals surface area contributed by atoms with E-state index in [0.29, 0.717) is 22.7 Å². The van der Waals surface area contributed by atoms with Gasteiger partial charge in [-0.3, -0.25) is 15.1 Å². The largest absolute Gasteiger partial charge is 0.377 e. The van der Waals surface area contributed by atoms with Gasteiger partial charge in [0, 0.05) is 21.9 Å². The maximum Gasteiger partial charge on any atom is 0.263 e. The van der Waals surface area contributed by atoms with E-state index in [2.05, 4.69) is 28.8 Å². The molecule has 0 spiro atoms. The number of amides is 1. The van der Waals surface area contributed by atoms with Crippen LogP contribution in [0.3, 0.4) is 0 Å². The van der Waals surface area contributed by atoms with Crippen LogP contribution in [0.25, 0.3) is 0 Å². The zero-order chi connectivity index (χ0) is 26.8. The SMILES string of the molecule is C=CCOCC(CC)(COCC=C)C(NC(=O)c1ccc(Cl)cc1)NC1N(c2cccnc2)N1[N+](=O)[O-]. The maximum atomic E-state index is 13.3. The molecule has 12 heteroatoms. The third-order valence-electron chi connectivity index (χ3n) is 5.96. The van der Waals surface area contributed by atoms with Crippen LogP contribution in [-0.2, 0) is 9.47 Å². The highest BCUT2D eigenvalue weighted by atomic mass is 35.5. The van der Waals surface area contributed by atoms with Gasteiger partial charge in [-0.25, -0.2) is 10.1 Å². The van der Waals surface area contributed by atoms with Crippen molar-refractivity contribution in [1.82, 2.24) is 20.7 Å². The lowest BCUT2D eigenvalue weighted by atomic mass is 9.82. The Balaban J connectivity index is 1.95. The van der Waals surface area contributed by atoms with Gasteiger partial charge in [-0.15, -0.1) is 13.2 Å². The molecule has 2 atom stereocenters. The molecule has 37 heavy (non-hydrogen) atoms. The van der Waals surface area contributed by atoms with E-state index in [1.807, 2.05) is 6.92 Å². The Morgan fingerprint density at radius 3 is 2.41 bits per heavy atom. The number of pyridine rings is 1. The van der Waals surface area contributed by atoms with Gasteiger partial charge in [0.1, 0.15) is 0 Å². The molecule has 1 aliphatic heterocycles. The normalized spacial score (nSPS) is 15.7. The summed E-state index contributed by atoms with van der Waals surface area (Å²) in [6.07, 6.45) is 5.20. The minimum Gasteiger partial charge on any atom is -0.377 e. The molecule has 2 heterocycles. The first-order valence-electron chi connectivity index (χ1n) is 11.7. The van der Waals surface area contributed by atoms with E-state index in [4.69, 9.17) is 21.1 Å². The van der Waals surface area contributed by atoms with Crippen molar-refractivity contribution >= 4 is 23.2 Å². The van der Waals surface area contributed by atoms with Crippen molar-refractivity contribution in [1.29, 1.82) is 0 Å². The standard InChI is InChI=1S/C25H31ClN6O5/c1-4-14-36-17-25(6-3,18-37-15-5-2)23(28-22(33)19-9-11-20(26)12-10-19)29-24-30(31(24)32(34)35)21-8-7-13-27-16-21/h4-5,7-13,16,23-24,29H,1-2,6,14-15,17-18H2,3H3,(H,28,33). The second kappa shape index (κ2) is 13.2. The second-order valence-electron chi connectivity index (χ2n) is 8.39. The van der Waals surface area contributed by atoms with Crippen molar-refractivity contribution in [2.75, 3.05) is 31.4 Å². The summed E-state index contributed by atoms with van der Waals surface area (Å²) in [5.41, 5.74) is 0.0956. The van der Waals surface area contributed by atoms with E-state index in [1.54, 1.807) is 54.7 Å². The van der Waals surface area contributed by atoms with Crippen LogP contribution < -0.4 is 15.6 Å². The van der Waals surface area contributed by atoms with Crippen molar-refractivity contribution in [3.8, 4) is 0 Å². The molecule has 2 unspecified atom stereocenters. The molecule has 0 bridgehead atoms. The molecular formula is C25H31ClN6O5. The summed E-state index contributed by atoms with van der Waals surface area (Å²) in [4.78, 5) is 29.1. The lowest BCUT2D eigenvalue weighted by Crippen LogP contribution is -2.61. The molecule has 0 aliphatic carbocycles. The molecular weight excluding hydrogens is 500 g/mol. The number of nitrogens with zero attached hydrogens (tertiary/aromatic N) is 4. The van der Waals surface area contributed by atoms with E-state index < -0.39 is 22.9 Å². The fraction of sp³-hybridized carbons (Fsp3) is 0.360. The van der Waals surface area contributed by atoms with Crippen molar-refractivity contribution < 1.29 is 19.3 Å².